The summed E-state index contributed by atoms with van der Waals surface area (Å²) in [6, 6.07) is -0.489. The van der Waals surface area contributed by atoms with Gasteiger partial charge in [0, 0.05) is 25.8 Å². The van der Waals surface area contributed by atoms with Crippen molar-refractivity contribution in [3.63, 3.8) is 0 Å². The van der Waals surface area contributed by atoms with E-state index in [-0.39, 0.29) is 30.4 Å². The number of carbonyl (C=O) groups excluding carboxylic acids is 3. The summed E-state index contributed by atoms with van der Waals surface area (Å²) in [4.78, 5) is 40.8. The van der Waals surface area contributed by atoms with Crippen molar-refractivity contribution in [3.05, 3.63) is 17.0 Å². The molecule has 0 bridgehead atoms. The number of aromatic nitrogens is 2. The molecule has 3 rings (SSSR count). The topological polar surface area (TPSA) is 87.5 Å². The fourth-order valence-electron chi connectivity index (χ4n) is 4.61. The second-order valence-corrected chi connectivity index (χ2v) is 8.27. The summed E-state index contributed by atoms with van der Waals surface area (Å²) < 4.78 is 1.83. The Morgan fingerprint density at radius 3 is 2.39 bits per heavy atom. The molecule has 8 nitrogen and oxygen atoms in total. The molecule has 0 radical (unpaired) electrons. The zero-order chi connectivity index (χ0) is 20.6. The van der Waals surface area contributed by atoms with Crippen LogP contribution in [0.15, 0.2) is 0 Å². The quantitative estimate of drug-likeness (QED) is 0.776. The molecular formula is C20H31N5O3. The van der Waals surface area contributed by atoms with Crippen molar-refractivity contribution in [1.29, 1.82) is 0 Å². The largest absolute Gasteiger partial charge is 0.352 e. The van der Waals surface area contributed by atoms with E-state index in [1.165, 1.54) is 0 Å². The highest BCUT2D eigenvalue weighted by molar-refractivity contribution is 6.08. The standard InChI is InChI=1S/C20H31N5O3/c1-13(11-16-14(2)22-24(5)15(16)3)21-17(26)12-25-18(27)20(23(4)19(25)28)9-7-6-8-10-20/h13H,6-12H2,1-5H3,(H,21,26). The highest BCUT2D eigenvalue weighted by Crippen LogP contribution is 2.39. The van der Waals surface area contributed by atoms with Gasteiger partial charge in [0.15, 0.2) is 0 Å². The smallest absolute Gasteiger partial charge is 0.327 e. The third kappa shape index (κ3) is 3.40. The third-order valence-electron chi connectivity index (χ3n) is 6.36. The van der Waals surface area contributed by atoms with Crippen LogP contribution in [-0.2, 0) is 23.1 Å². The van der Waals surface area contributed by atoms with Gasteiger partial charge >= 0.3 is 6.03 Å². The first-order valence-electron chi connectivity index (χ1n) is 10.1. The molecule has 2 fully saturated rings. The number of amides is 4. The minimum absolute atomic E-state index is 0.122. The maximum absolute atomic E-state index is 13.0. The average molecular weight is 390 g/mol. The van der Waals surface area contributed by atoms with E-state index in [0.717, 1.165) is 41.1 Å². The van der Waals surface area contributed by atoms with Crippen LogP contribution >= 0.6 is 0 Å². The molecule has 1 aliphatic heterocycles. The molecule has 2 aliphatic rings. The lowest BCUT2D eigenvalue weighted by Gasteiger charge is -2.35. The van der Waals surface area contributed by atoms with Gasteiger partial charge < -0.3 is 10.2 Å². The number of aryl methyl sites for hydroxylation is 2. The van der Waals surface area contributed by atoms with Crippen LogP contribution < -0.4 is 5.32 Å². The van der Waals surface area contributed by atoms with Crippen molar-refractivity contribution in [1.82, 2.24) is 24.9 Å². The number of nitrogens with one attached hydrogen (secondary N) is 1. The monoisotopic (exact) mass is 389 g/mol. The summed E-state index contributed by atoms with van der Waals surface area (Å²) in [5.41, 5.74) is 2.39. The van der Waals surface area contributed by atoms with Crippen molar-refractivity contribution in [2.45, 2.75) is 70.9 Å². The van der Waals surface area contributed by atoms with Crippen LogP contribution in [0.4, 0.5) is 4.79 Å². The van der Waals surface area contributed by atoms with Gasteiger partial charge in [-0.05, 0) is 45.6 Å². The fourth-order valence-corrected chi connectivity index (χ4v) is 4.61. The molecule has 4 amide bonds. The van der Waals surface area contributed by atoms with Gasteiger partial charge in [-0.15, -0.1) is 0 Å². The predicted octanol–water partition coefficient (Wildman–Crippen LogP) is 1.68. The van der Waals surface area contributed by atoms with Crippen molar-refractivity contribution >= 4 is 17.8 Å². The molecule has 1 N–H and O–H groups in total. The molecule has 1 saturated carbocycles. The molecular weight excluding hydrogens is 358 g/mol. The summed E-state index contributed by atoms with van der Waals surface area (Å²) >= 11 is 0. The summed E-state index contributed by atoms with van der Waals surface area (Å²) in [6.07, 6.45) is 4.98. The van der Waals surface area contributed by atoms with E-state index in [0.29, 0.717) is 19.3 Å². The van der Waals surface area contributed by atoms with E-state index < -0.39 is 5.54 Å². The molecule has 1 spiro atoms. The molecule has 154 valence electrons. The molecule has 2 heterocycles. The molecule has 8 heteroatoms. The Hall–Kier alpha value is -2.38. The van der Waals surface area contributed by atoms with Gasteiger partial charge in [0.1, 0.15) is 12.1 Å². The lowest BCUT2D eigenvalue weighted by atomic mass is 9.81. The van der Waals surface area contributed by atoms with Gasteiger partial charge in [-0.2, -0.15) is 5.10 Å². The summed E-state index contributed by atoms with van der Waals surface area (Å²) in [6.45, 7) is 5.66. The maximum Gasteiger partial charge on any atom is 0.327 e. The summed E-state index contributed by atoms with van der Waals surface area (Å²) in [5.74, 6) is -0.531. The minimum Gasteiger partial charge on any atom is -0.352 e. The first-order chi connectivity index (χ1) is 13.2. The molecule has 0 aromatic carbocycles. The fraction of sp³-hybridized carbons (Fsp3) is 0.700. The predicted molar refractivity (Wildman–Crippen MR) is 105 cm³/mol. The Kier molecular flexibility index (Phi) is 5.50. The Morgan fingerprint density at radius 2 is 1.82 bits per heavy atom. The minimum atomic E-state index is -0.745. The summed E-state index contributed by atoms with van der Waals surface area (Å²) in [7, 11) is 3.58. The van der Waals surface area contributed by atoms with Crippen molar-refractivity contribution < 1.29 is 14.4 Å². The van der Waals surface area contributed by atoms with E-state index in [1.54, 1.807) is 11.9 Å². The number of hydrogen-bond donors (Lipinski definition) is 1. The second-order valence-electron chi connectivity index (χ2n) is 8.27. The SMILES string of the molecule is Cc1nn(C)c(C)c1CC(C)NC(=O)CN1C(=O)N(C)C2(CCCCC2)C1=O. The number of likely N-dealkylation sites (N-methyl/N-ethyl adjacent to an activating group) is 1. The molecule has 1 aliphatic carbocycles. The van der Waals surface area contributed by atoms with Gasteiger partial charge in [-0.3, -0.25) is 19.2 Å². The van der Waals surface area contributed by atoms with Crippen molar-refractivity contribution in [2.75, 3.05) is 13.6 Å². The zero-order valence-corrected chi connectivity index (χ0v) is 17.5. The van der Waals surface area contributed by atoms with Crippen LogP contribution in [0, 0.1) is 13.8 Å². The molecule has 1 aromatic rings. The van der Waals surface area contributed by atoms with E-state index in [9.17, 15) is 14.4 Å². The van der Waals surface area contributed by atoms with Crippen LogP contribution in [0.5, 0.6) is 0 Å². The maximum atomic E-state index is 13.0. The van der Waals surface area contributed by atoms with Crippen LogP contribution in [0.2, 0.25) is 0 Å². The lowest BCUT2D eigenvalue weighted by molar-refractivity contribution is -0.137. The number of rotatable bonds is 5. The van der Waals surface area contributed by atoms with E-state index in [4.69, 9.17) is 0 Å². The van der Waals surface area contributed by atoms with Gasteiger partial charge in [0.25, 0.3) is 5.91 Å². The summed E-state index contributed by atoms with van der Waals surface area (Å²) in [5, 5.41) is 7.33. The molecule has 28 heavy (non-hydrogen) atoms. The van der Waals surface area contributed by atoms with Crippen LogP contribution in [0.3, 0.4) is 0 Å². The number of urea groups is 1. The number of nitrogens with zero attached hydrogens (tertiary/aromatic N) is 4. The molecule has 1 aromatic heterocycles. The highest BCUT2D eigenvalue weighted by atomic mass is 16.2. The van der Waals surface area contributed by atoms with E-state index in [1.807, 2.05) is 32.5 Å². The van der Waals surface area contributed by atoms with Gasteiger partial charge in [-0.25, -0.2) is 4.79 Å². The highest BCUT2D eigenvalue weighted by Gasteiger charge is 2.55. The Bertz CT molecular complexity index is 794. The first kappa shape index (κ1) is 20.4. The Balaban J connectivity index is 1.62. The number of imide groups is 1. The molecule has 1 unspecified atom stereocenters. The number of carbonyl (C=O) groups is 3. The van der Waals surface area contributed by atoms with Crippen molar-refractivity contribution in [2.24, 2.45) is 7.05 Å². The van der Waals surface area contributed by atoms with E-state index >= 15 is 0 Å². The van der Waals surface area contributed by atoms with E-state index in [2.05, 4.69) is 10.4 Å². The normalized spacial score (nSPS) is 20.2. The molecule has 1 atom stereocenters. The average Bonchev–Trinajstić information content (AvgIpc) is 2.98. The van der Waals surface area contributed by atoms with Gasteiger partial charge in [-0.1, -0.05) is 19.3 Å². The third-order valence-corrected chi connectivity index (χ3v) is 6.36. The van der Waals surface area contributed by atoms with Crippen LogP contribution in [0.25, 0.3) is 0 Å². The Labute approximate surface area is 166 Å². The second kappa shape index (κ2) is 7.56. The molecule has 1 saturated heterocycles. The lowest BCUT2D eigenvalue weighted by Crippen LogP contribution is -2.49. The van der Waals surface area contributed by atoms with Crippen LogP contribution in [0.1, 0.15) is 56.0 Å². The van der Waals surface area contributed by atoms with Gasteiger partial charge in [0.05, 0.1) is 5.69 Å². The van der Waals surface area contributed by atoms with Gasteiger partial charge in [0.2, 0.25) is 5.91 Å². The zero-order valence-electron chi connectivity index (χ0n) is 17.5. The Morgan fingerprint density at radius 1 is 1.18 bits per heavy atom. The van der Waals surface area contributed by atoms with Crippen molar-refractivity contribution in [3.8, 4) is 0 Å². The van der Waals surface area contributed by atoms with Crippen LogP contribution in [-0.4, -0.2) is 62.6 Å². The number of hydrogen-bond acceptors (Lipinski definition) is 4. The first-order valence-corrected chi connectivity index (χ1v) is 10.1.